The molecule has 19 heavy (non-hydrogen) atoms. The monoisotopic (exact) mass is 277 g/mol. The van der Waals surface area contributed by atoms with Crippen molar-refractivity contribution >= 4 is 22.9 Å². The highest BCUT2D eigenvalue weighted by atomic mass is 32.1. The molecule has 0 bridgehead atoms. The lowest BCUT2D eigenvalue weighted by Crippen LogP contribution is -2.24. The fourth-order valence-electron chi connectivity index (χ4n) is 1.70. The lowest BCUT2D eigenvalue weighted by Gasteiger charge is -2.10. The molecule has 0 radical (unpaired) electrons. The number of hydrogen-bond acceptors (Lipinski definition) is 5. The minimum absolute atomic E-state index is 0.249. The second-order valence-corrected chi connectivity index (χ2v) is 5.27. The zero-order valence-corrected chi connectivity index (χ0v) is 11.6. The summed E-state index contributed by atoms with van der Waals surface area (Å²) in [6.07, 6.45) is 1.76. The van der Waals surface area contributed by atoms with Crippen molar-refractivity contribution in [2.24, 2.45) is 0 Å². The number of nitrogens with zero attached hydrogens (tertiary/aromatic N) is 1. The van der Waals surface area contributed by atoms with E-state index in [4.69, 9.17) is 10.5 Å². The van der Waals surface area contributed by atoms with Crippen molar-refractivity contribution in [2.45, 2.75) is 13.5 Å². The first-order chi connectivity index (χ1) is 9.11. The molecule has 0 fully saturated rings. The Morgan fingerprint density at radius 1 is 1.53 bits per heavy atom. The SMILES string of the molecule is COc1cccc(N)c1C(=O)NCc1cnc(C)s1. The molecule has 1 aromatic heterocycles. The van der Waals surface area contributed by atoms with Crippen LogP contribution >= 0.6 is 11.3 Å². The van der Waals surface area contributed by atoms with Gasteiger partial charge >= 0.3 is 0 Å². The molecule has 0 atom stereocenters. The molecule has 0 spiro atoms. The van der Waals surface area contributed by atoms with Crippen molar-refractivity contribution in [3.63, 3.8) is 0 Å². The summed E-state index contributed by atoms with van der Waals surface area (Å²) in [5.41, 5.74) is 6.59. The van der Waals surface area contributed by atoms with Crippen LogP contribution in [0.3, 0.4) is 0 Å². The predicted molar refractivity (Wildman–Crippen MR) is 75.4 cm³/mol. The summed E-state index contributed by atoms with van der Waals surface area (Å²) in [6, 6.07) is 5.13. The van der Waals surface area contributed by atoms with Gasteiger partial charge in [0, 0.05) is 16.8 Å². The number of nitrogens with two attached hydrogens (primary N) is 1. The predicted octanol–water partition coefficient (Wildman–Crippen LogP) is 1.97. The van der Waals surface area contributed by atoms with E-state index in [2.05, 4.69) is 10.3 Å². The number of methoxy groups -OCH3 is 1. The summed E-state index contributed by atoms with van der Waals surface area (Å²) < 4.78 is 5.15. The van der Waals surface area contributed by atoms with Crippen molar-refractivity contribution in [1.29, 1.82) is 0 Å². The number of carbonyl (C=O) groups is 1. The van der Waals surface area contributed by atoms with E-state index < -0.39 is 0 Å². The zero-order chi connectivity index (χ0) is 13.8. The fraction of sp³-hybridized carbons (Fsp3) is 0.231. The minimum Gasteiger partial charge on any atom is -0.496 e. The average Bonchev–Trinajstić information content (AvgIpc) is 2.81. The molecule has 1 heterocycles. The van der Waals surface area contributed by atoms with E-state index in [9.17, 15) is 4.79 Å². The molecular weight excluding hydrogens is 262 g/mol. The standard InChI is InChI=1S/C13H15N3O2S/c1-8-15-6-9(19-8)7-16-13(17)12-10(14)4-3-5-11(12)18-2/h3-6H,7,14H2,1-2H3,(H,16,17). The summed E-state index contributed by atoms with van der Waals surface area (Å²) in [5, 5.41) is 3.79. The maximum Gasteiger partial charge on any atom is 0.257 e. The number of rotatable bonds is 4. The van der Waals surface area contributed by atoms with Crippen molar-refractivity contribution in [3.05, 3.63) is 39.8 Å². The average molecular weight is 277 g/mol. The first-order valence-electron chi connectivity index (χ1n) is 5.74. The molecule has 0 aliphatic rings. The number of carbonyl (C=O) groups excluding carboxylic acids is 1. The third-order valence-electron chi connectivity index (χ3n) is 2.60. The Hall–Kier alpha value is -2.08. The van der Waals surface area contributed by atoms with E-state index in [0.717, 1.165) is 9.88 Å². The van der Waals surface area contributed by atoms with Crippen molar-refractivity contribution in [3.8, 4) is 5.75 Å². The second kappa shape index (κ2) is 5.71. The van der Waals surface area contributed by atoms with Crippen LogP contribution in [0.5, 0.6) is 5.75 Å². The number of anilines is 1. The first kappa shape index (κ1) is 13.4. The molecule has 5 nitrogen and oxygen atoms in total. The maximum atomic E-state index is 12.1. The van der Waals surface area contributed by atoms with Crippen LogP contribution in [0.4, 0.5) is 5.69 Å². The molecule has 2 rings (SSSR count). The van der Waals surface area contributed by atoms with Crippen LogP contribution in [0.15, 0.2) is 24.4 Å². The number of nitrogen functional groups attached to an aromatic ring is 1. The molecule has 0 saturated heterocycles. The Bertz CT molecular complexity index is 595. The Kier molecular flexibility index (Phi) is 4.01. The van der Waals surface area contributed by atoms with Gasteiger partial charge in [0.25, 0.3) is 5.91 Å². The molecule has 1 aromatic carbocycles. The number of amides is 1. The van der Waals surface area contributed by atoms with Gasteiger partial charge in [-0.2, -0.15) is 0 Å². The van der Waals surface area contributed by atoms with Gasteiger partial charge in [0.1, 0.15) is 11.3 Å². The number of aromatic nitrogens is 1. The highest BCUT2D eigenvalue weighted by Crippen LogP contribution is 2.24. The molecular formula is C13H15N3O2S. The highest BCUT2D eigenvalue weighted by Gasteiger charge is 2.15. The van der Waals surface area contributed by atoms with Gasteiger partial charge in [0.15, 0.2) is 0 Å². The minimum atomic E-state index is -0.249. The normalized spacial score (nSPS) is 10.2. The Morgan fingerprint density at radius 3 is 2.95 bits per heavy atom. The van der Waals surface area contributed by atoms with Gasteiger partial charge in [0.2, 0.25) is 0 Å². The number of hydrogen-bond donors (Lipinski definition) is 2. The van der Waals surface area contributed by atoms with Crippen LogP contribution in [0.2, 0.25) is 0 Å². The number of thiazole rings is 1. The van der Waals surface area contributed by atoms with Gasteiger partial charge in [-0.3, -0.25) is 4.79 Å². The molecule has 0 unspecified atom stereocenters. The van der Waals surface area contributed by atoms with Crippen molar-refractivity contribution < 1.29 is 9.53 Å². The summed E-state index contributed by atoms with van der Waals surface area (Å²) in [7, 11) is 1.51. The maximum absolute atomic E-state index is 12.1. The Labute approximate surface area is 115 Å². The van der Waals surface area contributed by atoms with E-state index in [-0.39, 0.29) is 5.91 Å². The number of nitrogens with one attached hydrogen (secondary N) is 1. The number of benzene rings is 1. The summed E-state index contributed by atoms with van der Waals surface area (Å²) >= 11 is 1.55. The van der Waals surface area contributed by atoms with Crippen molar-refractivity contribution in [1.82, 2.24) is 10.3 Å². The van der Waals surface area contributed by atoms with E-state index in [1.165, 1.54) is 7.11 Å². The van der Waals surface area contributed by atoms with Crippen molar-refractivity contribution in [2.75, 3.05) is 12.8 Å². The molecule has 0 aliphatic heterocycles. The molecule has 6 heteroatoms. The van der Waals surface area contributed by atoms with Gasteiger partial charge in [-0.15, -0.1) is 11.3 Å². The van der Waals surface area contributed by atoms with Crippen LogP contribution in [-0.4, -0.2) is 18.0 Å². The fourth-order valence-corrected chi connectivity index (χ4v) is 2.44. The van der Waals surface area contributed by atoms with Crippen LogP contribution in [0.1, 0.15) is 20.2 Å². The van der Waals surface area contributed by atoms with Gasteiger partial charge in [-0.05, 0) is 19.1 Å². The van der Waals surface area contributed by atoms with Gasteiger partial charge in [-0.25, -0.2) is 4.98 Å². The lowest BCUT2D eigenvalue weighted by molar-refractivity contribution is 0.0949. The third-order valence-corrected chi connectivity index (χ3v) is 3.51. The molecule has 100 valence electrons. The number of aryl methyl sites for hydroxylation is 1. The second-order valence-electron chi connectivity index (χ2n) is 3.95. The molecule has 1 amide bonds. The summed E-state index contributed by atoms with van der Waals surface area (Å²) in [5.74, 6) is 0.221. The van der Waals surface area contributed by atoms with Crippen LogP contribution in [0, 0.1) is 6.92 Å². The summed E-state index contributed by atoms with van der Waals surface area (Å²) in [6.45, 7) is 2.36. The Balaban J connectivity index is 2.12. The zero-order valence-electron chi connectivity index (χ0n) is 10.8. The molecule has 0 aliphatic carbocycles. The molecule has 3 N–H and O–H groups in total. The lowest BCUT2D eigenvalue weighted by atomic mass is 10.1. The van der Waals surface area contributed by atoms with Gasteiger partial charge in [0.05, 0.1) is 18.7 Å². The largest absolute Gasteiger partial charge is 0.496 e. The van der Waals surface area contributed by atoms with E-state index >= 15 is 0 Å². The topological polar surface area (TPSA) is 77.2 Å². The third kappa shape index (κ3) is 3.03. The molecule has 2 aromatic rings. The van der Waals surface area contributed by atoms with E-state index in [1.807, 2.05) is 6.92 Å². The first-order valence-corrected chi connectivity index (χ1v) is 6.55. The smallest absolute Gasteiger partial charge is 0.257 e. The van der Waals surface area contributed by atoms with E-state index in [1.54, 1.807) is 35.7 Å². The van der Waals surface area contributed by atoms with Gasteiger partial charge in [-0.1, -0.05) is 6.07 Å². The molecule has 0 saturated carbocycles. The highest BCUT2D eigenvalue weighted by molar-refractivity contribution is 7.11. The van der Waals surface area contributed by atoms with Crippen LogP contribution in [0.25, 0.3) is 0 Å². The van der Waals surface area contributed by atoms with E-state index in [0.29, 0.717) is 23.5 Å². The Morgan fingerprint density at radius 2 is 2.32 bits per heavy atom. The summed E-state index contributed by atoms with van der Waals surface area (Å²) in [4.78, 5) is 17.3. The quantitative estimate of drug-likeness (QED) is 0.838. The van der Waals surface area contributed by atoms with Gasteiger partial charge < -0.3 is 15.8 Å². The van der Waals surface area contributed by atoms with Crippen LogP contribution < -0.4 is 15.8 Å². The van der Waals surface area contributed by atoms with Crippen LogP contribution in [-0.2, 0) is 6.54 Å². The number of ether oxygens (including phenoxy) is 1.